The summed E-state index contributed by atoms with van der Waals surface area (Å²) in [4.78, 5) is 23.2. The summed E-state index contributed by atoms with van der Waals surface area (Å²) in [6.45, 7) is 5.60. The van der Waals surface area contributed by atoms with Gasteiger partial charge in [-0.2, -0.15) is 0 Å². The van der Waals surface area contributed by atoms with Crippen LogP contribution in [-0.4, -0.2) is 29.6 Å². The molecular weight excluding hydrogens is 324 g/mol. The molecule has 5 nitrogen and oxygen atoms in total. The summed E-state index contributed by atoms with van der Waals surface area (Å²) in [6, 6.07) is 6.88. The number of hydrogen-bond acceptors (Lipinski definition) is 3. The van der Waals surface area contributed by atoms with Crippen molar-refractivity contribution in [1.82, 2.24) is 5.32 Å². The lowest BCUT2D eigenvalue weighted by atomic mass is 9.89. The molecule has 1 aromatic carbocycles. The van der Waals surface area contributed by atoms with Crippen LogP contribution in [0.4, 0.5) is 5.69 Å². The van der Waals surface area contributed by atoms with Gasteiger partial charge in [-0.05, 0) is 29.7 Å². The van der Waals surface area contributed by atoms with Gasteiger partial charge in [0.05, 0.1) is 6.10 Å². The second-order valence-electron chi connectivity index (χ2n) is 5.55. The lowest BCUT2D eigenvalue weighted by Gasteiger charge is -2.25. The van der Waals surface area contributed by atoms with Crippen molar-refractivity contribution in [3.05, 3.63) is 28.7 Å². The maximum Gasteiger partial charge on any atom is 0.313 e. The second kappa shape index (κ2) is 6.85. The molecule has 3 N–H and O–H groups in total. The number of halogens is 1. The molecule has 2 amide bonds. The highest BCUT2D eigenvalue weighted by Crippen LogP contribution is 2.18. The standard InChI is InChI=1S/C14H19BrN2O3/c1-14(2,3)11(18)8-16-12(19)13(20)17-10-6-4-9(15)5-7-10/h4-7,11,18H,8H2,1-3H3,(H,16,19)(H,17,20). The molecule has 110 valence electrons. The Hall–Kier alpha value is -1.40. The third kappa shape index (κ3) is 5.30. The van der Waals surface area contributed by atoms with E-state index in [0.717, 1.165) is 4.47 Å². The van der Waals surface area contributed by atoms with E-state index in [1.165, 1.54) is 0 Å². The lowest BCUT2D eigenvalue weighted by molar-refractivity contribution is -0.136. The van der Waals surface area contributed by atoms with Crippen molar-refractivity contribution in [3.63, 3.8) is 0 Å². The highest BCUT2D eigenvalue weighted by Gasteiger charge is 2.23. The molecule has 1 rings (SSSR count). The summed E-state index contributed by atoms with van der Waals surface area (Å²) in [7, 11) is 0. The molecule has 0 radical (unpaired) electrons. The van der Waals surface area contributed by atoms with Crippen molar-refractivity contribution >= 4 is 33.4 Å². The van der Waals surface area contributed by atoms with Crippen LogP contribution in [0.5, 0.6) is 0 Å². The molecule has 20 heavy (non-hydrogen) atoms. The Morgan fingerprint density at radius 3 is 2.25 bits per heavy atom. The highest BCUT2D eigenvalue weighted by atomic mass is 79.9. The van der Waals surface area contributed by atoms with Gasteiger partial charge in [0, 0.05) is 16.7 Å². The first kappa shape index (κ1) is 16.7. The molecule has 0 saturated heterocycles. The quantitative estimate of drug-likeness (QED) is 0.734. The van der Waals surface area contributed by atoms with Crippen LogP contribution >= 0.6 is 15.9 Å². The number of carbonyl (C=O) groups is 2. The average Bonchev–Trinajstić information content (AvgIpc) is 2.36. The van der Waals surface area contributed by atoms with Crippen LogP contribution in [-0.2, 0) is 9.59 Å². The number of carbonyl (C=O) groups excluding carboxylic acids is 2. The van der Waals surface area contributed by atoms with Gasteiger partial charge in [0.1, 0.15) is 0 Å². The molecule has 1 aromatic rings. The first-order valence-electron chi connectivity index (χ1n) is 6.23. The van der Waals surface area contributed by atoms with Gasteiger partial charge in [0.15, 0.2) is 0 Å². The minimum atomic E-state index is -0.767. The van der Waals surface area contributed by atoms with Crippen molar-refractivity contribution in [3.8, 4) is 0 Å². The smallest absolute Gasteiger partial charge is 0.313 e. The fourth-order valence-corrected chi connectivity index (χ4v) is 1.56. The number of benzene rings is 1. The maximum atomic E-state index is 11.6. The summed E-state index contributed by atoms with van der Waals surface area (Å²) in [5.41, 5.74) is 0.180. The topological polar surface area (TPSA) is 78.4 Å². The summed E-state index contributed by atoms with van der Waals surface area (Å²) < 4.78 is 0.883. The maximum absolute atomic E-state index is 11.6. The zero-order chi connectivity index (χ0) is 15.3. The Morgan fingerprint density at radius 1 is 1.20 bits per heavy atom. The normalized spacial score (nSPS) is 12.7. The molecule has 0 aliphatic carbocycles. The van der Waals surface area contributed by atoms with E-state index in [9.17, 15) is 14.7 Å². The third-order valence-electron chi connectivity index (χ3n) is 2.76. The molecule has 0 heterocycles. The molecule has 0 saturated carbocycles. The number of aliphatic hydroxyl groups is 1. The molecule has 0 aliphatic rings. The fraction of sp³-hybridized carbons (Fsp3) is 0.429. The molecule has 0 aliphatic heterocycles. The van der Waals surface area contributed by atoms with Crippen molar-refractivity contribution < 1.29 is 14.7 Å². The van der Waals surface area contributed by atoms with Crippen LogP contribution in [0.15, 0.2) is 28.7 Å². The summed E-state index contributed by atoms with van der Waals surface area (Å²) in [6.07, 6.45) is -0.716. The van der Waals surface area contributed by atoms with E-state index in [1.807, 2.05) is 20.8 Å². The Kier molecular flexibility index (Phi) is 5.71. The zero-order valence-electron chi connectivity index (χ0n) is 11.7. The fourth-order valence-electron chi connectivity index (χ4n) is 1.30. The van der Waals surface area contributed by atoms with E-state index in [-0.39, 0.29) is 12.0 Å². The first-order valence-corrected chi connectivity index (χ1v) is 7.02. The Balaban J connectivity index is 2.48. The van der Waals surface area contributed by atoms with E-state index in [2.05, 4.69) is 26.6 Å². The Morgan fingerprint density at radius 2 is 1.75 bits per heavy atom. The van der Waals surface area contributed by atoms with Crippen LogP contribution in [0, 0.1) is 5.41 Å². The van der Waals surface area contributed by atoms with Gasteiger partial charge >= 0.3 is 11.8 Å². The summed E-state index contributed by atoms with van der Waals surface area (Å²) in [5.74, 6) is -1.52. The van der Waals surface area contributed by atoms with E-state index >= 15 is 0 Å². The predicted octanol–water partition coefficient (Wildman–Crippen LogP) is 1.91. The number of rotatable bonds is 3. The minimum Gasteiger partial charge on any atom is -0.391 e. The predicted molar refractivity (Wildman–Crippen MR) is 81.2 cm³/mol. The van der Waals surface area contributed by atoms with Crippen LogP contribution in [0.1, 0.15) is 20.8 Å². The Bertz CT molecular complexity index is 480. The lowest BCUT2D eigenvalue weighted by Crippen LogP contribution is -2.43. The van der Waals surface area contributed by atoms with Gasteiger partial charge in [-0.1, -0.05) is 36.7 Å². The minimum absolute atomic E-state index is 0.0378. The van der Waals surface area contributed by atoms with E-state index in [1.54, 1.807) is 24.3 Å². The summed E-state index contributed by atoms with van der Waals surface area (Å²) >= 11 is 3.28. The van der Waals surface area contributed by atoms with Crippen LogP contribution < -0.4 is 10.6 Å². The molecule has 1 atom stereocenters. The van der Waals surface area contributed by atoms with Crippen molar-refractivity contribution in [2.75, 3.05) is 11.9 Å². The number of nitrogens with one attached hydrogen (secondary N) is 2. The number of hydrogen-bond donors (Lipinski definition) is 3. The SMILES string of the molecule is CC(C)(C)C(O)CNC(=O)C(=O)Nc1ccc(Br)cc1. The Labute approximate surface area is 126 Å². The van der Waals surface area contributed by atoms with Crippen molar-refractivity contribution in [2.24, 2.45) is 5.41 Å². The van der Waals surface area contributed by atoms with Gasteiger partial charge in [0.25, 0.3) is 0 Å². The molecule has 0 bridgehead atoms. The number of anilines is 1. The van der Waals surface area contributed by atoms with E-state index in [0.29, 0.717) is 5.69 Å². The van der Waals surface area contributed by atoms with E-state index < -0.39 is 17.9 Å². The van der Waals surface area contributed by atoms with Crippen LogP contribution in [0.25, 0.3) is 0 Å². The van der Waals surface area contributed by atoms with E-state index in [4.69, 9.17) is 0 Å². The highest BCUT2D eigenvalue weighted by molar-refractivity contribution is 9.10. The van der Waals surface area contributed by atoms with Gasteiger partial charge in [-0.25, -0.2) is 0 Å². The van der Waals surface area contributed by atoms with Crippen LogP contribution in [0.2, 0.25) is 0 Å². The van der Waals surface area contributed by atoms with Crippen LogP contribution in [0.3, 0.4) is 0 Å². The second-order valence-corrected chi connectivity index (χ2v) is 6.47. The molecule has 6 heteroatoms. The summed E-state index contributed by atoms with van der Waals surface area (Å²) in [5, 5.41) is 14.7. The third-order valence-corrected chi connectivity index (χ3v) is 3.29. The molecular formula is C14H19BrN2O3. The first-order chi connectivity index (χ1) is 9.20. The van der Waals surface area contributed by atoms with Crippen molar-refractivity contribution in [2.45, 2.75) is 26.9 Å². The largest absolute Gasteiger partial charge is 0.391 e. The molecule has 0 aromatic heterocycles. The van der Waals surface area contributed by atoms with Gasteiger partial charge in [0.2, 0.25) is 0 Å². The van der Waals surface area contributed by atoms with Gasteiger partial charge in [-0.3, -0.25) is 9.59 Å². The van der Waals surface area contributed by atoms with Crippen molar-refractivity contribution in [1.29, 1.82) is 0 Å². The number of aliphatic hydroxyl groups excluding tert-OH is 1. The molecule has 0 fully saturated rings. The zero-order valence-corrected chi connectivity index (χ0v) is 13.3. The molecule has 0 spiro atoms. The van der Waals surface area contributed by atoms with Gasteiger partial charge in [-0.15, -0.1) is 0 Å². The monoisotopic (exact) mass is 342 g/mol. The number of amides is 2. The van der Waals surface area contributed by atoms with Gasteiger partial charge < -0.3 is 15.7 Å². The average molecular weight is 343 g/mol. The molecule has 1 unspecified atom stereocenters.